The molecule has 9 nitrogen and oxygen atoms in total. The predicted molar refractivity (Wildman–Crippen MR) is 224 cm³/mol. The Balaban J connectivity index is 4.17. The molecule has 314 valence electrons. The number of phosphoric ester groups is 1. The van der Waals surface area contributed by atoms with Crippen LogP contribution in [-0.4, -0.2) is 49.3 Å². The van der Waals surface area contributed by atoms with E-state index in [-0.39, 0.29) is 32.6 Å². The number of hydrogen-bond donors (Lipinski definition) is 2. The molecule has 3 N–H and O–H groups in total. The first kappa shape index (κ1) is 52.0. The minimum absolute atomic E-state index is 0.0441. The molecule has 0 aliphatic rings. The van der Waals surface area contributed by atoms with Crippen molar-refractivity contribution in [2.45, 2.75) is 193 Å². The molecule has 2 unspecified atom stereocenters. The van der Waals surface area contributed by atoms with E-state index in [1.807, 2.05) is 12.2 Å². The standard InChI is InChI=1S/C44H80NO8P/c1-3-5-7-9-11-13-15-17-18-19-20-21-22-23-25-26-28-30-32-34-36-43(46)50-40-42(41-52-54(48,49)51-39-38-45)53-44(47)37-35-33-31-29-27-24-16-14-12-10-8-6-4-2/h13,15,17-18,24,27,31,33,42H,3-12,14,16,19-23,25-26,28-30,32,34-41,45H2,1-2H3,(H,48,49)/b15-13+,18-17+,27-24+,33-31+. The number of ether oxygens (including phenoxy) is 2. The number of carbonyl (C=O) groups is 2. The Hall–Kier alpha value is -2.03. The highest BCUT2D eigenvalue weighted by molar-refractivity contribution is 7.47. The van der Waals surface area contributed by atoms with Gasteiger partial charge in [-0.25, -0.2) is 4.57 Å². The Bertz CT molecular complexity index is 1030. The molecular formula is C44H80NO8P. The van der Waals surface area contributed by atoms with Crippen LogP contribution in [0.4, 0.5) is 0 Å². The highest BCUT2D eigenvalue weighted by atomic mass is 31.2. The van der Waals surface area contributed by atoms with Crippen LogP contribution in [0.2, 0.25) is 0 Å². The van der Waals surface area contributed by atoms with Gasteiger partial charge in [0.05, 0.1) is 13.2 Å². The monoisotopic (exact) mass is 782 g/mol. The average molecular weight is 782 g/mol. The van der Waals surface area contributed by atoms with E-state index in [2.05, 4.69) is 50.3 Å². The molecule has 0 saturated heterocycles. The molecule has 0 bridgehead atoms. The third-order valence-corrected chi connectivity index (χ3v) is 9.96. The van der Waals surface area contributed by atoms with E-state index in [0.29, 0.717) is 6.42 Å². The van der Waals surface area contributed by atoms with E-state index >= 15 is 0 Å². The molecule has 0 aliphatic heterocycles. The van der Waals surface area contributed by atoms with Gasteiger partial charge in [-0.1, -0.05) is 165 Å². The second-order valence-electron chi connectivity index (χ2n) is 14.2. The Kier molecular flexibility index (Phi) is 39.1. The number of nitrogens with two attached hydrogens (primary N) is 1. The number of unbranched alkanes of at least 4 members (excludes halogenated alkanes) is 20. The van der Waals surface area contributed by atoms with Crippen LogP contribution in [0.5, 0.6) is 0 Å². The lowest BCUT2D eigenvalue weighted by Gasteiger charge is -2.19. The molecule has 10 heteroatoms. The van der Waals surface area contributed by atoms with Crippen molar-refractivity contribution >= 4 is 19.8 Å². The van der Waals surface area contributed by atoms with Crippen LogP contribution in [0.1, 0.15) is 187 Å². The molecule has 0 amide bonds. The summed E-state index contributed by atoms with van der Waals surface area (Å²) in [6, 6.07) is 0. The first-order valence-corrected chi connectivity index (χ1v) is 23.1. The van der Waals surface area contributed by atoms with E-state index in [9.17, 15) is 19.0 Å². The van der Waals surface area contributed by atoms with Gasteiger partial charge in [0, 0.05) is 19.4 Å². The summed E-state index contributed by atoms with van der Waals surface area (Å²) in [4.78, 5) is 34.8. The largest absolute Gasteiger partial charge is 0.472 e. The van der Waals surface area contributed by atoms with Crippen molar-refractivity contribution in [1.29, 1.82) is 0 Å². The van der Waals surface area contributed by atoms with Crippen molar-refractivity contribution in [2.75, 3.05) is 26.4 Å². The number of phosphoric acid groups is 1. The Morgan fingerprint density at radius 1 is 0.574 bits per heavy atom. The summed E-state index contributed by atoms with van der Waals surface area (Å²) in [5.41, 5.74) is 5.34. The number of rotatable bonds is 40. The van der Waals surface area contributed by atoms with E-state index in [0.717, 1.165) is 44.9 Å². The third kappa shape index (κ3) is 39.7. The van der Waals surface area contributed by atoms with Crippen LogP contribution in [0.15, 0.2) is 48.6 Å². The molecule has 0 rings (SSSR count). The topological polar surface area (TPSA) is 134 Å². The minimum atomic E-state index is -4.39. The van der Waals surface area contributed by atoms with Crippen LogP contribution in [0.25, 0.3) is 0 Å². The van der Waals surface area contributed by atoms with Crippen molar-refractivity contribution in [1.82, 2.24) is 0 Å². The molecule has 0 spiro atoms. The van der Waals surface area contributed by atoms with Crippen molar-refractivity contribution in [3.8, 4) is 0 Å². The number of hydrogen-bond acceptors (Lipinski definition) is 8. The summed E-state index contributed by atoms with van der Waals surface area (Å²) in [6.45, 7) is 3.63. The second-order valence-corrected chi connectivity index (χ2v) is 15.7. The van der Waals surface area contributed by atoms with Gasteiger partial charge in [-0.3, -0.25) is 18.6 Å². The molecule has 2 atom stereocenters. The number of esters is 2. The maximum absolute atomic E-state index is 12.5. The molecule has 0 aliphatic carbocycles. The molecule has 0 aromatic carbocycles. The van der Waals surface area contributed by atoms with Gasteiger partial charge in [-0.05, 0) is 57.8 Å². The van der Waals surface area contributed by atoms with Crippen molar-refractivity contribution in [3.63, 3.8) is 0 Å². The zero-order valence-electron chi connectivity index (χ0n) is 34.4. The minimum Gasteiger partial charge on any atom is -0.462 e. The summed E-state index contributed by atoms with van der Waals surface area (Å²) in [7, 11) is -4.39. The molecule has 0 aromatic rings. The van der Waals surface area contributed by atoms with Gasteiger partial charge < -0.3 is 20.1 Å². The van der Waals surface area contributed by atoms with Gasteiger partial charge in [-0.15, -0.1) is 0 Å². The Morgan fingerprint density at radius 3 is 1.61 bits per heavy atom. The lowest BCUT2D eigenvalue weighted by molar-refractivity contribution is -0.161. The van der Waals surface area contributed by atoms with Gasteiger partial charge in [0.15, 0.2) is 6.10 Å². The number of allylic oxidation sites excluding steroid dienone is 8. The van der Waals surface area contributed by atoms with E-state index < -0.39 is 32.5 Å². The van der Waals surface area contributed by atoms with Crippen molar-refractivity contribution in [2.24, 2.45) is 5.73 Å². The van der Waals surface area contributed by atoms with Gasteiger partial charge in [0.1, 0.15) is 6.61 Å². The van der Waals surface area contributed by atoms with Gasteiger partial charge >= 0.3 is 19.8 Å². The molecule has 0 heterocycles. The second kappa shape index (κ2) is 40.6. The third-order valence-electron chi connectivity index (χ3n) is 8.98. The van der Waals surface area contributed by atoms with E-state index in [1.165, 1.54) is 109 Å². The maximum Gasteiger partial charge on any atom is 0.472 e. The summed E-state index contributed by atoms with van der Waals surface area (Å²) >= 11 is 0. The first-order chi connectivity index (χ1) is 26.3. The Morgan fingerprint density at radius 2 is 1.06 bits per heavy atom. The lowest BCUT2D eigenvalue weighted by Crippen LogP contribution is -2.29. The molecular weight excluding hydrogens is 701 g/mol. The van der Waals surface area contributed by atoms with Crippen molar-refractivity contribution < 1.29 is 37.6 Å². The normalized spacial score (nSPS) is 13.8. The summed E-state index contributed by atoms with van der Waals surface area (Å²) in [5, 5.41) is 0. The molecule has 54 heavy (non-hydrogen) atoms. The highest BCUT2D eigenvalue weighted by Crippen LogP contribution is 2.43. The fourth-order valence-electron chi connectivity index (χ4n) is 5.74. The quantitative estimate of drug-likeness (QED) is 0.0205. The van der Waals surface area contributed by atoms with Crippen LogP contribution in [-0.2, 0) is 32.7 Å². The van der Waals surface area contributed by atoms with E-state index in [1.54, 1.807) is 0 Å². The lowest BCUT2D eigenvalue weighted by atomic mass is 10.1. The van der Waals surface area contributed by atoms with Gasteiger partial charge in [0.2, 0.25) is 0 Å². The average Bonchev–Trinajstić information content (AvgIpc) is 3.16. The van der Waals surface area contributed by atoms with Gasteiger partial charge in [-0.2, -0.15) is 0 Å². The molecule has 0 saturated carbocycles. The van der Waals surface area contributed by atoms with Crippen LogP contribution < -0.4 is 5.73 Å². The Labute approximate surface area is 330 Å². The summed E-state index contributed by atoms with van der Waals surface area (Å²) in [6.07, 6.45) is 45.9. The SMILES string of the molecule is CCCCCC/C=C/C=C/CCCCCCCCCCCCC(=O)OCC(COP(=O)(O)OCCN)OC(=O)CC/C=C/C/C=C/CCCCCCCC. The maximum atomic E-state index is 12.5. The summed E-state index contributed by atoms with van der Waals surface area (Å²) < 4.78 is 32.7. The van der Waals surface area contributed by atoms with Gasteiger partial charge in [0.25, 0.3) is 0 Å². The van der Waals surface area contributed by atoms with E-state index in [4.69, 9.17) is 24.3 Å². The summed E-state index contributed by atoms with van der Waals surface area (Å²) in [5.74, 6) is -0.911. The smallest absolute Gasteiger partial charge is 0.462 e. The zero-order valence-corrected chi connectivity index (χ0v) is 35.3. The molecule has 0 fully saturated rings. The van der Waals surface area contributed by atoms with Crippen LogP contribution in [0, 0.1) is 0 Å². The zero-order chi connectivity index (χ0) is 39.6. The molecule has 0 aromatic heterocycles. The van der Waals surface area contributed by atoms with Crippen LogP contribution >= 0.6 is 7.82 Å². The first-order valence-electron chi connectivity index (χ1n) is 21.6. The van der Waals surface area contributed by atoms with Crippen LogP contribution in [0.3, 0.4) is 0 Å². The van der Waals surface area contributed by atoms with Crippen molar-refractivity contribution in [3.05, 3.63) is 48.6 Å². The predicted octanol–water partition coefficient (Wildman–Crippen LogP) is 12.3. The fourth-order valence-corrected chi connectivity index (χ4v) is 6.50. The highest BCUT2D eigenvalue weighted by Gasteiger charge is 2.25. The molecule has 0 radical (unpaired) electrons. The fraction of sp³-hybridized carbons (Fsp3) is 0.773. The number of carbonyl (C=O) groups excluding carboxylic acids is 2.